The van der Waals surface area contributed by atoms with Crippen LogP contribution in [0.2, 0.25) is 5.02 Å². The maximum atomic E-state index is 12.6. The van der Waals surface area contributed by atoms with E-state index in [1.807, 2.05) is 55.5 Å². The number of fused-ring (bicyclic) bond motifs is 1. The number of pyridine rings is 1. The molecule has 0 radical (unpaired) electrons. The van der Waals surface area contributed by atoms with Crippen LogP contribution in [0.25, 0.3) is 27.8 Å². The Morgan fingerprint density at radius 1 is 1.12 bits per heavy atom. The Morgan fingerprint density at radius 2 is 1.81 bits per heavy atom. The summed E-state index contributed by atoms with van der Waals surface area (Å²) in [5.41, 5.74) is 2.76. The molecule has 2 aromatic heterocycles. The molecule has 4 aromatic rings. The highest BCUT2D eigenvalue weighted by Crippen LogP contribution is 2.36. The van der Waals surface area contributed by atoms with E-state index >= 15 is 0 Å². The quantitative estimate of drug-likeness (QED) is 0.581. The minimum atomic E-state index is -0.466. The molecule has 0 spiro atoms. The number of aromatic amines is 1. The van der Waals surface area contributed by atoms with Crippen LogP contribution >= 0.6 is 11.6 Å². The first-order chi connectivity index (χ1) is 12.6. The number of nitrogens with one attached hydrogen (secondary N) is 1. The average Bonchev–Trinajstić information content (AvgIpc) is 2.98. The highest BCUT2D eigenvalue weighted by molar-refractivity contribution is 6.33. The molecule has 0 aliphatic heterocycles. The van der Waals surface area contributed by atoms with Crippen LogP contribution in [-0.2, 0) is 0 Å². The summed E-state index contributed by atoms with van der Waals surface area (Å²) >= 11 is 6.37. The van der Waals surface area contributed by atoms with Crippen LogP contribution in [0.5, 0.6) is 0 Å². The maximum Gasteiger partial charge on any atom is 0.268 e. The summed E-state index contributed by atoms with van der Waals surface area (Å²) in [6.07, 6.45) is 0. The van der Waals surface area contributed by atoms with E-state index in [2.05, 4.69) is 10.1 Å². The number of H-pyrrole nitrogens is 1. The van der Waals surface area contributed by atoms with E-state index in [0.717, 1.165) is 5.69 Å². The van der Waals surface area contributed by atoms with Crippen LogP contribution in [0.15, 0.2) is 59.4 Å². The van der Waals surface area contributed by atoms with Crippen LogP contribution in [0, 0.1) is 18.3 Å². The normalized spacial score (nSPS) is 10.8. The van der Waals surface area contributed by atoms with Crippen molar-refractivity contribution >= 4 is 22.6 Å². The zero-order valence-electron chi connectivity index (χ0n) is 13.8. The largest absolute Gasteiger partial charge is 0.305 e. The lowest BCUT2D eigenvalue weighted by atomic mass is 9.97. The fraction of sp³-hybridized carbons (Fsp3) is 0.0500. The molecule has 0 atom stereocenters. The molecular formula is C20H13ClN4O. The SMILES string of the molecule is Cc1nn(-c2ccccc2)c2[nH]c(=O)c(C#N)c(-c3ccccc3Cl)c12. The molecular weight excluding hydrogens is 348 g/mol. The second-order valence-corrected chi connectivity index (χ2v) is 6.26. The van der Waals surface area contributed by atoms with E-state index in [4.69, 9.17) is 11.6 Å². The number of aromatic nitrogens is 3. The molecule has 0 amide bonds. The van der Waals surface area contributed by atoms with Gasteiger partial charge in [-0.1, -0.05) is 48.0 Å². The van der Waals surface area contributed by atoms with Crippen molar-refractivity contribution in [3.8, 4) is 22.9 Å². The lowest BCUT2D eigenvalue weighted by molar-refractivity contribution is 0.875. The van der Waals surface area contributed by atoms with E-state index in [0.29, 0.717) is 32.9 Å². The van der Waals surface area contributed by atoms with Crippen molar-refractivity contribution in [3.63, 3.8) is 0 Å². The number of benzene rings is 2. The van der Waals surface area contributed by atoms with Crippen molar-refractivity contribution < 1.29 is 0 Å². The molecule has 5 nitrogen and oxygen atoms in total. The number of para-hydroxylation sites is 1. The molecule has 0 aliphatic rings. The zero-order chi connectivity index (χ0) is 18.3. The standard InChI is InChI=1S/C20H13ClN4O/c1-12-17-18(14-9-5-6-10-16(14)21)15(11-22)20(26)23-19(17)25(24-12)13-7-3-2-4-8-13/h2-10H,1H3,(H,23,26). The summed E-state index contributed by atoms with van der Waals surface area (Å²) in [5, 5.41) is 15.4. The summed E-state index contributed by atoms with van der Waals surface area (Å²) in [6.45, 7) is 1.85. The minimum absolute atomic E-state index is 0.0290. The first-order valence-electron chi connectivity index (χ1n) is 7.98. The van der Waals surface area contributed by atoms with Gasteiger partial charge in [0.25, 0.3) is 5.56 Å². The molecule has 4 rings (SSSR count). The number of hydrogen-bond acceptors (Lipinski definition) is 3. The molecule has 2 heterocycles. The van der Waals surface area contributed by atoms with Crippen LogP contribution < -0.4 is 5.56 Å². The van der Waals surface area contributed by atoms with E-state index < -0.39 is 5.56 Å². The molecule has 0 unspecified atom stereocenters. The second kappa shape index (κ2) is 6.17. The third-order valence-electron chi connectivity index (χ3n) is 4.28. The summed E-state index contributed by atoms with van der Waals surface area (Å²) in [5.74, 6) is 0. The van der Waals surface area contributed by atoms with Crippen molar-refractivity contribution in [2.45, 2.75) is 6.92 Å². The van der Waals surface area contributed by atoms with Crippen LogP contribution in [0.1, 0.15) is 11.3 Å². The van der Waals surface area contributed by atoms with Gasteiger partial charge in [0.15, 0.2) is 0 Å². The molecule has 0 aliphatic carbocycles. The lowest BCUT2D eigenvalue weighted by Crippen LogP contribution is -2.13. The summed E-state index contributed by atoms with van der Waals surface area (Å²) in [7, 11) is 0. The second-order valence-electron chi connectivity index (χ2n) is 5.85. The molecule has 6 heteroatoms. The fourth-order valence-electron chi connectivity index (χ4n) is 3.15. The van der Waals surface area contributed by atoms with E-state index in [1.165, 1.54) is 0 Å². The van der Waals surface area contributed by atoms with Crippen molar-refractivity contribution in [1.29, 1.82) is 5.26 Å². The van der Waals surface area contributed by atoms with Gasteiger partial charge >= 0.3 is 0 Å². The number of nitrogens with zero attached hydrogens (tertiary/aromatic N) is 3. The number of nitriles is 1. The van der Waals surface area contributed by atoms with Gasteiger partial charge in [-0.05, 0) is 25.1 Å². The Kier molecular flexibility index (Phi) is 3.83. The average molecular weight is 361 g/mol. The van der Waals surface area contributed by atoms with Crippen molar-refractivity contribution in [3.05, 3.63) is 81.2 Å². The Bertz CT molecular complexity index is 1230. The van der Waals surface area contributed by atoms with Crippen molar-refractivity contribution in [2.75, 3.05) is 0 Å². The predicted molar refractivity (Wildman–Crippen MR) is 102 cm³/mol. The van der Waals surface area contributed by atoms with Gasteiger partial charge in [-0.25, -0.2) is 4.68 Å². The zero-order valence-corrected chi connectivity index (χ0v) is 14.6. The first-order valence-corrected chi connectivity index (χ1v) is 8.35. The van der Waals surface area contributed by atoms with Crippen LogP contribution in [0.3, 0.4) is 0 Å². The molecule has 0 saturated carbocycles. The summed E-state index contributed by atoms with van der Waals surface area (Å²) in [4.78, 5) is 15.4. The third-order valence-corrected chi connectivity index (χ3v) is 4.60. The number of rotatable bonds is 2. The third kappa shape index (κ3) is 2.40. The smallest absolute Gasteiger partial charge is 0.268 e. The first kappa shape index (κ1) is 16.1. The highest BCUT2D eigenvalue weighted by Gasteiger charge is 2.22. The maximum absolute atomic E-state index is 12.6. The minimum Gasteiger partial charge on any atom is -0.305 e. The Hall–Kier alpha value is -3.36. The van der Waals surface area contributed by atoms with Gasteiger partial charge in [-0.3, -0.25) is 4.79 Å². The van der Waals surface area contributed by atoms with Gasteiger partial charge in [-0.2, -0.15) is 10.4 Å². The predicted octanol–water partition coefficient (Wildman–Crippen LogP) is 4.21. The van der Waals surface area contributed by atoms with Gasteiger partial charge in [-0.15, -0.1) is 0 Å². The van der Waals surface area contributed by atoms with Gasteiger partial charge in [0.05, 0.1) is 11.4 Å². The molecule has 0 bridgehead atoms. The topological polar surface area (TPSA) is 74.5 Å². The molecule has 0 saturated heterocycles. The van der Waals surface area contributed by atoms with E-state index in [1.54, 1.807) is 16.8 Å². The molecule has 0 fully saturated rings. The van der Waals surface area contributed by atoms with E-state index in [9.17, 15) is 10.1 Å². The molecule has 1 N–H and O–H groups in total. The monoisotopic (exact) mass is 360 g/mol. The van der Waals surface area contributed by atoms with Gasteiger partial charge in [0.2, 0.25) is 0 Å². The molecule has 2 aromatic carbocycles. The van der Waals surface area contributed by atoms with Crippen LogP contribution in [-0.4, -0.2) is 14.8 Å². The van der Waals surface area contributed by atoms with Gasteiger partial charge < -0.3 is 4.98 Å². The van der Waals surface area contributed by atoms with Crippen LogP contribution in [0.4, 0.5) is 0 Å². The highest BCUT2D eigenvalue weighted by atomic mass is 35.5. The fourth-order valence-corrected chi connectivity index (χ4v) is 3.38. The Balaban J connectivity index is 2.18. The van der Waals surface area contributed by atoms with Gasteiger partial charge in [0.1, 0.15) is 17.3 Å². The lowest BCUT2D eigenvalue weighted by Gasteiger charge is -2.09. The number of aryl methyl sites for hydroxylation is 1. The van der Waals surface area contributed by atoms with Gasteiger partial charge in [0, 0.05) is 21.5 Å². The Labute approximate surface area is 154 Å². The Morgan fingerprint density at radius 3 is 2.50 bits per heavy atom. The molecule has 126 valence electrons. The van der Waals surface area contributed by atoms with Crippen molar-refractivity contribution in [1.82, 2.24) is 14.8 Å². The van der Waals surface area contributed by atoms with E-state index in [-0.39, 0.29) is 5.56 Å². The number of halogens is 1. The summed E-state index contributed by atoms with van der Waals surface area (Å²) in [6, 6.07) is 18.7. The summed E-state index contributed by atoms with van der Waals surface area (Å²) < 4.78 is 1.67. The van der Waals surface area contributed by atoms with Crippen molar-refractivity contribution in [2.24, 2.45) is 0 Å². The number of hydrogen-bond donors (Lipinski definition) is 1. The molecule has 26 heavy (non-hydrogen) atoms.